The number of aromatic nitrogens is 3. The summed E-state index contributed by atoms with van der Waals surface area (Å²) in [4.78, 5) is 4.38. The van der Waals surface area contributed by atoms with Gasteiger partial charge in [0.2, 0.25) is 0 Å². The number of anilines is 2. The number of nitrogen functional groups attached to an aromatic ring is 1. The second-order valence-electron chi connectivity index (χ2n) is 4.59. The van der Waals surface area contributed by atoms with Crippen molar-refractivity contribution in [3.63, 3.8) is 0 Å². The molecule has 0 saturated carbocycles. The molecule has 108 valence electrons. The number of hydrogen-bond donors (Lipinski definition) is 3. The molecule has 0 bridgehead atoms. The number of pyridine rings is 1. The molecule has 0 amide bonds. The van der Waals surface area contributed by atoms with Crippen LogP contribution in [0.2, 0.25) is 0 Å². The number of rotatable bonds is 3. The minimum absolute atomic E-state index is 0.144. The molecule has 0 saturated heterocycles. The molecule has 0 radical (unpaired) electrons. The van der Waals surface area contributed by atoms with Crippen molar-refractivity contribution >= 4 is 32.4 Å². The molecule has 4 N–H and O–H groups in total. The van der Waals surface area contributed by atoms with Crippen molar-refractivity contribution in [2.45, 2.75) is 11.8 Å². The quantitative estimate of drug-likeness (QED) is 0.680. The topological polar surface area (TPSA) is 114 Å². The van der Waals surface area contributed by atoms with Crippen LogP contribution in [-0.4, -0.2) is 23.6 Å². The number of H-pyrrole nitrogens is 1. The normalized spacial score (nSPS) is 11.7. The monoisotopic (exact) mass is 303 g/mol. The molecule has 0 aliphatic heterocycles. The fourth-order valence-electron chi connectivity index (χ4n) is 2.09. The number of benzene rings is 1. The fraction of sp³-hybridized carbons (Fsp3) is 0.0769. The predicted molar refractivity (Wildman–Crippen MR) is 80.3 cm³/mol. The molecule has 21 heavy (non-hydrogen) atoms. The Morgan fingerprint density at radius 2 is 2.10 bits per heavy atom. The Bertz CT molecular complexity index is 917. The van der Waals surface area contributed by atoms with Gasteiger partial charge in [-0.05, 0) is 30.7 Å². The molecular weight excluding hydrogens is 290 g/mol. The van der Waals surface area contributed by atoms with Crippen molar-refractivity contribution in [1.82, 2.24) is 15.2 Å². The lowest BCUT2D eigenvalue weighted by molar-refractivity contribution is 0.602. The van der Waals surface area contributed by atoms with Crippen molar-refractivity contribution in [1.29, 1.82) is 0 Å². The molecule has 7 nitrogen and oxygen atoms in total. The van der Waals surface area contributed by atoms with Crippen LogP contribution in [0, 0.1) is 6.92 Å². The van der Waals surface area contributed by atoms with Crippen LogP contribution in [0.5, 0.6) is 0 Å². The van der Waals surface area contributed by atoms with Gasteiger partial charge in [0.25, 0.3) is 10.0 Å². The van der Waals surface area contributed by atoms with Gasteiger partial charge in [0.05, 0.1) is 22.3 Å². The lowest BCUT2D eigenvalue weighted by atomic mass is 10.1. The first kappa shape index (κ1) is 13.4. The molecule has 1 aromatic carbocycles. The standard InChI is InChI=1S/C13H13N5O2S/c1-8-4-5-11(9-3-2-6-15-12(8)9)21(19,20)18-13-10(14)7-16-17-13/h2-7H,14H2,1H3,(H2,16,17,18). The third kappa shape index (κ3) is 2.29. The molecule has 3 aromatic rings. The van der Waals surface area contributed by atoms with E-state index in [0.717, 1.165) is 5.56 Å². The van der Waals surface area contributed by atoms with Crippen molar-refractivity contribution in [3.8, 4) is 0 Å². The highest BCUT2D eigenvalue weighted by atomic mass is 32.2. The van der Waals surface area contributed by atoms with Crippen LogP contribution < -0.4 is 10.5 Å². The molecule has 2 aromatic heterocycles. The summed E-state index contributed by atoms with van der Waals surface area (Å²) in [6, 6.07) is 6.69. The Hall–Kier alpha value is -2.61. The van der Waals surface area contributed by atoms with Gasteiger partial charge in [-0.15, -0.1) is 0 Å². The molecule has 0 fully saturated rings. The summed E-state index contributed by atoms with van der Waals surface area (Å²) >= 11 is 0. The van der Waals surface area contributed by atoms with Crippen molar-refractivity contribution in [3.05, 3.63) is 42.2 Å². The molecule has 0 aliphatic carbocycles. The predicted octanol–water partition coefficient (Wildman–Crippen LogP) is 1.65. The summed E-state index contributed by atoms with van der Waals surface area (Å²) in [5.41, 5.74) is 7.42. The molecule has 0 atom stereocenters. The first-order valence-corrected chi connectivity index (χ1v) is 7.63. The summed E-state index contributed by atoms with van der Waals surface area (Å²) in [5, 5.41) is 6.75. The highest BCUT2D eigenvalue weighted by molar-refractivity contribution is 7.93. The number of nitrogens with zero attached hydrogens (tertiary/aromatic N) is 2. The van der Waals surface area contributed by atoms with Gasteiger partial charge in [-0.3, -0.25) is 14.8 Å². The lowest BCUT2D eigenvalue weighted by Gasteiger charge is -2.10. The van der Waals surface area contributed by atoms with E-state index in [1.165, 1.54) is 6.20 Å². The minimum atomic E-state index is -3.79. The molecule has 0 spiro atoms. The third-order valence-electron chi connectivity index (χ3n) is 3.13. The minimum Gasteiger partial charge on any atom is -0.394 e. The van der Waals surface area contributed by atoms with Crippen LogP contribution in [0.4, 0.5) is 11.5 Å². The zero-order chi connectivity index (χ0) is 15.0. The largest absolute Gasteiger partial charge is 0.394 e. The average molecular weight is 303 g/mol. The van der Waals surface area contributed by atoms with Crippen molar-refractivity contribution < 1.29 is 8.42 Å². The number of aryl methyl sites for hydroxylation is 1. The third-order valence-corrected chi connectivity index (χ3v) is 4.53. The smallest absolute Gasteiger partial charge is 0.263 e. The molecular formula is C13H13N5O2S. The van der Waals surface area contributed by atoms with Gasteiger partial charge in [-0.25, -0.2) is 8.42 Å². The van der Waals surface area contributed by atoms with Crippen LogP contribution in [0.1, 0.15) is 5.56 Å². The number of fused-ring (bicyclic) bond motifs is 1. The van der Waals surface area contributed by atoms with Gasteiger partial charge < -0.3 is 5.73 Å². The van der Waals surface area contributed by atoms with Gasteiger partial charge in [-0.1, -0.05) is 6.07 Å². The summed E-state index contributed by atoms with van der Waals surface area (Å²) < 4.78 is 27.5. The Kier molecular flexibility index (Phi) is 3.02. The molecule has 2 heterocycles. The van der Waals surface area contributed by atoms with E-state index >= 15 is 0 Å². The maximum atomic E-state index is 12.5. The van der Waals surface area contributed by atoms with Crippen LogP contribution in [0.25, 0.3) is 10.9 Å². The summed E-state index contributed by atoms with van der Waals surface area (Å²) in [6.07, 6.45) is 2.97. The molecule has 0 aliphatic rings. The highest BCUT2D eigenvalue weighted by Crippen LogP contribution is 2.26. The summed E-state index contributed by atoms with van der Waals surface area (Å²) in [7, 11) is -3.79. The van der Waals surface area contributed by atoms with E-state index in [-0.39, 0.29) is 16.4 Å². The average Bonchev–Trinajstić information content (AvgIpc) is 2.84. The Morgan fingerprint density at radius 1 is 1.29 bits per heavy atom. The highest BCUT2D eigenvalue weighted by Gasteiger charge is 2.20. The molecule has 3 rings (SSSR count). The maximum Gasteiger partial charge on any atom is 0.263 e. The van der Waals surface area contributed by atoms with Crippen LogP contribution in [0.15, 0.2) is 41.6 Å². The van der Waals surface area contributed by atoms with Crippen LogP contribution in [0.3, 0.4) is 0 Å². The van der Waals surface area contributed by atoms with E-state index in [1.807, 2.05) is 6.92 Å². The van der Waals surface area contributed by atoms with E-state index in [4.69, 9.17) is 5.73 Å². The summed E-state index contributed by atoms with van der Waals surface area (Å²) in [5.74, 6) is 0.146. The van der Waals surface area contributed by atoms with Crippen LogP contribution >= 0.6 is 0 Å². The fourth-order valence-corrected chi connectivity index (χ4v) is 3.33. The lowest BCUT2D eigenvalue weighted by Crippen LogP contribution is -2.15. The van der Waals surface area contributed by atoms with Crippen molar-refractivity contribution in [2.75, 3.05) is 10.5 Å². The van der Waals surface area contributed by atoms with E-state index in [0.29, 0.717) is 10.9 Å². The van der Waals surface area contributed by atoms with E-state index in [2.05, 4.69) is 19.9 Å². The maximum absolute atomic E-state index is 12.5. The number of nitrogens with one attached hydrogen (secondary N) is 2. The first-order valence-electron chi connectivity index (χ1n) is 6.15. The Balaban J connectivity index is 2.16. The van der Waals surface area contributed by atoms with E-state index in [1.54, 1.807) is 30.5 Å². The number of nitrogens with two attached hydrogens (primary N) is 1. The first-order chi connectivity index (χ1) is 9.99. The number of hydrogen-bond acceptors (Lipinski definition) is 5. The van der Waals surface area contributed by atoms with Crippen LogP contribution in [-0.2, 0) is 10.0 Å². The van der Waals surface area contributed by atoms with E-state index < -0.39 is 10.0 Å². The zero-order valence-electron chi connectivity index (χ0n) is 11.2. The van der Waals surface area contributed by atoms with Gasteiger partial charge >= 0.3 is 0 Å². The van der Waals surface area contributed by atoms with Gasteiger partial charge in [0.15, 0.2) is 5.82 Å². The second-order valence-corrected chi connectivity index (χ2v) is 6.24. The SMILES string of the molecule is Cc1ccc(S(=O)(=O)Nc2[nH]ncc2N)c2cccnc12. The number of sulfonamides is 1. The van der Waals surface area contributed by atoms with Gasteiger partial charge in [0, 0.05) is 11.6 Å². The Morgan fingerprint density at radius 3 is 2.81 bits per heavy atom. The zero-order valence-corrected chi connectivity index (χ0v) is 12.0. The molecule has 0 unspecified atom stereocenters. The molecule has 8 heteroatoms. The van der Waals surface area contributed by atoms with Gasteiger partial charge in [0.1, 0.15) is 0 Å². The Labute approximate surface area is 121 Å². The second kappa shape index (κ2) is 4.74. The van der Waals surface area contributed by atoms with E-state index in [9.17, 15) is 8.42 Å². The van der Waals surface area contributed by atoms with Gasteiger partial charge in [-0.2, -0.15) is 5.10 Å². The van der Waals surface area contributed by atoms with Crippen molar-refractivity contribution in [2.24, 2.45) is 0 Å². The number of aromatic amines is 1. The summed E-state index contributed by atoms with van der Waals surface area (Å²) in [6.45, 7) is 1.88.